The summed E-state index contributed by atoms with van der Waals surface area (Å²) in [5.41, 5.74) is 0. The predicted molar refractivity (Wildman–Crippen MR) is 127 cm³/mol. The zero-order valence-corrected chi connectivity index (χ0v) is 20.1. The van der Waals surface area contributed by atoms with Crippen LogP contribution in [0.3, 0.4) is 0 Å². The van der Waals surface area contributed by atoms with Crippen molar-refractivity contribution < 1.29 is 23.0 Å². The van der Waals surface area contributed by atoms with Crippen molar-refractivity contribution in [2.45, 2.75) is 77.2 Å². The van der Waals surface area contributed by atoms with Crippen LogP contribution >= 0.6 is 0 Å². The monoisotopic (exact) mass is 462 g/mol. The maximum Gasteiger partial charge on any atom is 0.204 e. The minimum Gasteiger partial charge on any atom is -0.491 e. The molecule has 5 heteroatoms. The quantitative estimate of drug-likeness (QED) is 0.378. The molecule has 33 heavy (non-hydrogen) atoms. The summed E-state index contributed by atoms with van der Waals surface area (Å²) in [5, 5.41) is 0. The van der Waals surface area contributed by atoms with Gasteiger partial charge in [0, 0.05) is 5.92 Å². The van der Waals surface area contributed by atoms with Crippen LogP contribution in [0.1, 0.15) is 71.1 Å². The van der Waals surface area contributed by atoms with Crippen LogP contribution in [0.2, 0.25) is 0 Å². The Morgan fingerprint density at radius 1 is 0.848 bits per heavy atom. The third-order valence-electron chi connectivity index (χ3n) is 8.37. The summed E-state index contributed by atoms with van der Waals surface area (Å²) in [4.78, 5) is 0. The molecule has 2 saturated carbocycles. The molecule has 4 rings (SSSR count). The first-order valence-electron chi connectivity index (χ1n) is 13.1. The van der Waals surface area contributed by atoms with Crippen LogP contribution in [0.5, 0.6) is 11.5 Å². The van der Waals surface area contributed by atoms with Gasteiger partial charge >= 0.3 is 0 Å². The number of hydrogen-bond acceptors (Lipinski definition) is 3. The first-order chi connectivity index (χ1) is 16.1. The SMILES string of the molecule is C=CC1CCC(C2CCC(C3CCC(COc4ccc(OCC)c(F)c4F)CC3)CC2)OC1. The van der Waals surface area contributed by atoms with Crippen LogP contribution in [0.25, 0.3) is 0 Å². The Labute approximate surface area is 197 Å². The molecule has 2 unspecified atom stereocenters. The largest absolute Gasteiger partial charge is 0.491 e. The number of ether oxygens (including phenoxy) is 3. The van der Waals surface area contributed by atoms with Gasteiger partial charge in [0.25, 0.3) is 0 Å². The average Bonchev–Trinajstić information content (AvgIpc) is 2.87. The highest BCUT2D eigenvalue weighted by atomic mass is 19.2. The van der Waals surface area contributed by atoms with Crippen molar-refractivity contribution in [3.63, 3.8) is 0 Å². The first-order valence-corrected chi connectivity index (χ1v) is 13.1. The Hall–Kier alpha value is -1.62. The molecule has 2 aliphatic carbocycles. The summed E-state index contributed by atoms with van der Waals surface area (Å²) >= 11 is 0. The number of rotatable bonds is 8. The van der Waals surface area contributed by atoms with Crippen LogP contribution in [0.4, 0.5) is 8.78 Å². The summed E-state index contributed by atoms with van der Waals surface area (Å²) in [7, 11) is 0. The molecule has 1 saturated heterocycles. The molecule has 1 aliphatic heterocycles. The van der Waals surface area contributed by atoms with Crippen LogP contribution in [0.15, 0.2) is 24.8 Å². The average molecular weight is 463 g/mol. The van der Waals surface area contributed by atoms with Gasteiger partial charge in [-0.2, -0.15) is 8.78 Å². The van der Waals surface area contributed by atoms with Gasteiger partial charge < -0.3 is 14.2 Å². The van der Waals surface area contributed by atoms with Crippen molar-refractivity contribution in [3.05, 3.63) is 36.4 Å². The number of halogens is 2. The second kappa shape index (κ2) is 11.7. The van der Waals surface area contributed by atoms with E-state index in [1.807, 2.05) is 6.08 Å². The standard InChI is InChI=1S/C28H40F2O3/c1-3-19-7-14-24(32-17-19)23-12-10-22(11-13-23)21-8-5-20(6-9-21)18-33-26-16-15-25(31-4-2)27(29)28(26)30/h3,15-16,19-24H,1,4-14,17-18H2,2H3. The topological polar surface area (TPSA) is 27.7 Å². The summed E-state index contributed by atoms with van der Waals surface area (Å²) in [6.07, 6.45) is 14.9. The molecule has 1 aromatic carbocycles. The minimum absolute atomic E-state index is 0.0132. The molecule has 1 aromatic rings. The van der Waals surface area contributed by atoms with Crippen LogP contribution in [-0.2, 0) is 4.74 Å². The third kappa shape index (κ3) is 6.09. The lowest BCUT2D eigenvalue weighted by Gasteiger charge is -2.41. The van der Waals surface area contributed by atoms with Crippen molar-refractivity contribution >= 4 is 0 Å². The summed E-state index contributed by atoms with van der Waals surface area (Å²) in [6.45, 7) is 7.26. The zero-order valence-electron chi connectivity index (χ0n) is 20.1. The van der Waals surface area contributed by atoms with Gasteiger partial charge in [-0.3, -0.25) is 0 Å². The van der Waals surface area contributed by atoms with E-state index in [-0.39, 0.29) is 11.5 Å². The van der Waals surface area contributed by atoms with Gasteiger partial charge in [-0.15, -0.1) is 6.58 Å². The molecule has 2 atom stereocenters. The van der Waals surface area contributed by atoms with E-state index in [0.29, 0.717) is 31.2 Å². The van der Waals surface area contributed by atoms with Gasteiger partial charge in [-0.1, -0.05) is 6.08 Å². The van der Waals surface area contributed by atoms with E-state index in [4.69, 9.17) is 14.2 Å². The number of hydrogen-bond donors (Lipinski definition) is 0. The lowest BCUT2D eigenvalue weighted by Crippen LogP contribution is -2.35. The summed E-state index contributed by atoms with van der Waals surface area (Å²) in [6, 6.07) is 2.92. The zero-order chi connectivity index (χ0) is 23.2. The van der Waals surface area contributed by atoms with E-state index < -0.39 is 11.6 Å². The van der Waals surface area contributed by atoms with E-state index in [0.717, 1.165) is 37.2 Å². The highest BCUT2D eigenvalue weighted by molar-refractivity contribution is 5.35. The second-order valence-electron chi connectivity index (χ2n) is 10.3. The molecule has 0 N–H and O–H groups in total. The van der Waals surface area contributed by atoms with Gasteiger partial charge in [-0.25, -0.2) is 0 Å². The molecule has 3 nitrogen and oxygen atoms in total. The second-order valence-corrected chi connectivity index (χ2v) is 10.3. The molecule has 184 valence electrons. The fourth-order valence-corrected chi connectivity index (χ4v) is 6.26. The van der Waals surface area contributed by atoms with Gasteiger partial charge in [0.1, 0.15) is 0 Å². The Kier molecular flexibility index (Phi) is 8.67. The Morgan fingerprint density at radius 2 is 1.42 bits per heavy atom. The third-order valence-corrected chi connectivity index (χ3v) is 8.37. The van der Waals surface area contributed by atoms with E-state index >= 15 is 0 Å². The fraction of sp³-hybridized carbons (Fsp3) is 0.714. The molecular weight excluding hydrogens is 422 g/mol. The lowest BCUT2D eigenvalue weighted by atomic mass is 9.68. The van der Waals surface area contributed by atoms with Crippen molar-refractivity contribution in [1.29, 1.82) is 0 Å². The Morgan fingerprint density at radius 3 is 1.97 bits per heavy atom. The van der Waals surface area contributed by atoms with Crippen LogP contribution in [-0.4, -0.2) is 25.9 Å². The lowest BCUT2D eigenvalue weighted by molar-refractivity contribution is -0.0520. The molecule has 3 fully saturated rings. The number of benzene rings is 1. The minimum atomic E-state index is -0.965. The molecule has 0 bridgehead atoms. The van der Waals surface area contributed by atoms with E-state index in [9.17, 15) is 8.78 Å². The summed E-state index contributed by atoms with van der Waals surface area (Å²) < 4.78 is 45.3. The Balaban J connectivity index is 1.17. The predicted octanol–water partition coefficient (Wildman–Crippen LogP) is 7.34. The van der Waals surface area contributed by atoms with Crippen LogP contribution in [0, 0.1) is 41.2 Å². The highest BCUT2D eigenvalue weighted by Crippen LogP contribution is 2.43. The van der Waals surface area contributed by atoms with Gasteiger partial charge in [-0.05, 0) is 107 Å². The van der Waals surface area contributed by atoms with Gasteiger partial charge in [0.2, 0.25) is 11.6 Å². The van der Waals surface area contributed by atoms with Crippen molar-refractivity contribution in [1.82, 2.24) is 0 Å². The smallest absolute Gasteiger partial charge is 0.204 e. The van der Waals surface area contributed by atoms with E-state index in [1.165, 1.54) is 63.5 Å². The molecule has 3 aliphatic rings. The van der Waals surface area contributed by atoms with Crippen molar-refractivity contribution in [2.75, 3.05) is 19.8 Å². The van der Waals surface area contributed by atoms with E-state index in [2.05, 4.69) is 6.58 Å². The maximum atomic E-state index is 14.3. The molecular formula is C28H40F2O3. The fourth-order valence-electron chi connectivity index (χ4n) is 6.26. The van der Waals surface area contributed by atoms with Crippen molar-refractivity contribution in [3.8, 4) is 11.5 Å². The Bertz CT molecular complexity index is 759. The molecule has 0 spiro atoms. The van der Waals surface area contributed by atoms with Gasteiger partial charge in [0.05, 0.1) is 25.9 Å². The first kappa shape index (κ1) is 24.5. The molecule has 0 radical (unpaired) electrons. The molecule has 0 aromatic heterocycles. The maximum absolute atomic E-state index is 14.3. The normalized spacial score (nSPS) is 32.8. The molecule has 1 heterocycles. The van der Waals surface area contributed by atoms with Crippen LogP contribution < -0.4 is 9.47 Å². The molecule has 0 amide bonds. The van der Waals surface area contributed by atoms with E-state index in [1.54, 1.807) is 6.92 Å². The van der Waals surface area contributed by atoms with Crippen molar-refractivity contribution in [2.24, 2.45) is 29.6 Å². The summed E-state index contributed by atoms with van der Waals surface area (Å²) in [5.74, 6) is 1.35. The van der Waals surface area contributed by atoms with Gasteiger partial charge in [0.15, 0.2) is 11.5 Å². The highest BCUT2D eigenvalue weighted by Gasteiger charge is 2.35.